The van der Waals surface area contributed by atoms with Gasteiger partial charge < -0.3 is 10.1 Å². The number of nitrogens with one attached hydrogen (secondary N) is 1. The lowest BCUT2D eigenvalue weighted by molar-refractivity contribution is -0.144. The molecule has 0 aliphatic heterocycles. The Morgan fingerprint density at radius 3 is 2.44 bits per heavy atom. The van der Waals surface area contributed by atoms with Crippen molar-refractivity contribution in [2.24, 2.45) is 11.8 Å². The molecule has 140 valence electrons. The van der Waals surface area contributed by atoms with E-state index in [-0.39, 0.29) is 40.8 Å². The van der Waals surface area contributed by atoms with Crippen LogP contribution in [0.15, 0.2) is 17.0 Å². The molecule has 1 aromatic carbocycles. The number of halogens is 2. The van der Waals surface area contributed by atoms with Crippen molar-refractivity contribution in [3.05, 3.63) is 23.0 Å². The van der Waals surface area contributed by atoms with E-state index in [1.165, 1.54) is 17.8 Å². The van der Waals surface area contributed by atoms with Crippen LogP contribution in [0.3, 0.4) is 0 Å². The summed E-state index contributed by atoms with van der Waals surface area (Å²) in [6.07, 6.45) is 0.237. The molecule has 0 saturated carbocycles. The summed E-state index contributed by atoms with van der Waals surface area (Å²) in [5, 5.41) is 2.22. The van der Waals surface area contributed by atoms with Crippen molar-refractivity contribution in [1.82, 2.24) is 0 Å². The standard InChI is InChI=1S/C18H25ClFNO3S/c1-6-16(22)21-14-8-15(12(19)7-13(14)20)25-17(11(4)5)18(23)24-9-10(2)3/h7-8,10-11,17H,6,9H2,1-5H3,(H,21,22). The smallest absolute Gasteiger partial charge is 0.319 e. The molecule has 1 N–H and O–H groups in total. The molecule has 0 fully saturated rings. The SMILES string of the molecule is CCC(=O)Nc1cc(SC(C(=O)OCC(C)C)C(C)C)c(Cl)cc1F. The second-order valence-corrected chi connectivity index (χ2v) is 8.06. The number of esters is 1. The highest BCUT2D eigenvalue weighted by atomic mass is 35.5. The number of ether oxygens (including phenoxy) is 1. The van der Waals surface area contributed by atoms with Gasteiger partial charge in [0.1, 0.15) is 11.1 Å². The average Bonchev–Trinajstić information content (AvgIpc) is 2.53. The maximum absolute atomic E-state index is 14.0. The molecule has 0 bridgehead atoms. The van der Waals surface area contributed by atoms with E-state index >= 15 is 0 Å². The van der Waals surface area contributed by atoms with Crippen molar-refractivity contribution in [2.45, 2.75) is 51.2 Å². The van der Waals surface area contributed by atoms with Crippen LogP contribution < -0.4 is 5.32 Å². The molecule has 0 aromatic heterocycles. The minimum atomic E-state index is -0.611. The molecule has 1 atom stereocenters. The molecule has 1 aromatic rings. The summed E-state index contributed by atoms with van der Waals surface area (Å²) in [7, 11) is 0. The number of amides is 1. The first-order valence-corrected chi connectivity index (χ1v) is 9.53. The quantitative estimate of drug-likeness (QED) is 0.493. The summed E-state index contributed by atoms with van der Waals surface area (Å²) < 4.78 is 19.3. The van der Waals surface area contributed by atoms with E-state index < -0.39 is 11.1 Å². The Bertz CT molecular complexity index is 623. The summed E-state index contributed by atoms with van der Waals surface area (Å²) in [6, 6.07) is 2.60. The van der Waals surface area contributed by atoms with Gasteiger partial charge in [-0.1, -0.05) is 46.2 Å². The first-order chi connectivity index (χ1) is 11.6. The summed E-state index contributed by atoms with van der Waals surface area (Å²) in [4.78, 5) is 24.4. The van der Waals surface area contributed by atoms with E-state index in [1.54, 1.807) is 6.92 Å². The van der Waals surface area contributed by atoms with Crippen molar-refractivity contribution in [1.29, 1.82) is 0 Å². The van der Waals surface area contributed by atoms with Crippen molar-refractivity contribution in [3.63, 3.8) is 0 Å². The monoisotopic (exact) mass is 389 g/mol. The zero-order chi connectivity index (χ0) is 19.1. The first-order valence-electron chi connectivity index (χ1n) is 8.27. The minimum absolute atomic E-state index is 0.000495. The molecular formula is C18H25ClFNO3S. The van der Waals surface area contributed by atoms with Crippen LogP contribution in [0.5, 0.6) is 0 Å². The molecule has 0 saturated heterocycles. The Hall–Kier alpha value is -1.27. The molecular weight excluding hydrogens is 365 g/mol. The van der Waals surface area contributed by atoms with Crippen molar-refractivity contribution < 1.29 is 18.7 Å². The highest BCUT2D eigenvalue weighted by Gasteiger charge is 2.27. The number of hydrogen-bond acceptors (Lipinski definition) is 4. The van der Waals surface area contributed by atoms with E-state index in [0.717, 1.165) is 6.07 Å². The number of benzene rings is 1. The molecule has 25 heavy (non-hydrogen) atoms. The van der Waals surface area contributed by atoms with Crippen molar-refractivity contribution >= 4 is 40.9 Å². The molecule has 4 nitrogen and oxygen atoms in total. The molecule has 1 rings (SSSR count). The Balaban J connectivity index is 3.02. The van der Waals surface area contributed by atoms with Gasteiger partial charge in [-0.05, 0) is 24.0 Å². The lowest BCUT2D eigenvalue weighted by Gasteiger charge is -2.20. The lowest BCUT2D eigenvalue weighted by atomic mass is 10.1. The fraction of sp³-hybridized carbons (Fsp3) is 0.556. The summed E-state index contributed by atoms with van der Waals surface area (Å²) >= 11 is 7.34. The Labute approximate surface area is 157 Å². The normalized spacial score (nSPS) is 12.4. The summed E-state index contributed by atoms with van der Waals surface area (Å²) in [6.45, 7) is 9.77. The largest absolute Gasteiger partial charge is 0.465 e. The number of carbonyl (C=O) groups excluding carboxylic acids is 2. The lowest BCUT2D eigenvalue weighted by Crippen LogP contribution is -2.26. The van der Waals surface area contributed by atoms with E-state index in [4.69, 9.17) is 16.3 Å². The highest BCUT2D eigenvalue weighted by Crippen LogP contribution is 2.37. The summed E-state index contributed by atoms with van der Waals surface area (Å²) in [5.41, 5.74) is 0.0526. The van der Waals surface area contributed by atoms with Gasteiger partial charge in [0, 0.05) is 11.3 Å². The Morgan fingerprint density at radius 2 is 1.92 bits per heavy atom. The third-order valence-corrected chi connectivity index (χ3v) is 5.27. The number of hydrogen-bond donors (Lipinski definition) is 1. The molecule has 0 spiro atoms. The third kappa shape index (κ3) is 6.86. The van der Waals surface area contributed by atoms with Crippen molar-refractivity contribution in [3.8, 4) is 0 Å². The van der Waals surface area contributed by atoms with Gasteiger partial charge in [0.25, 0.3) is 0 Å². The minimum Gasteiger partial charge on any atom is -0.465 e. The molecule has 0 aliphatic carbocycles. The first kappa shape index (κ1) is 21.8. The maximum Gasteiger partial charge on any atom is 0.319 e. The highest BCUT2D eigenvalue weighted by molar-refractivity contribution is 8.00. The molecule has 0 heterocycles. The van der Waals surface area contributed by atoms with Crippen LogP contribution in [0.2, 0.25) is 5.02 Å². The van der Waals surface area contributed by atoms with Crippen LogP contribution in [0.1, 0.15) is 41.0 Å². The molecule has 1 amide bonds. The number of rotatable bonds is 8. The van der Waals surface area contributed by atoms with Gasteiger partial charge in [0.2, 0.25) is 5.91 Å². The van der Waals surface area contributed by atoms with Gasteiger partial charge in [0.05, 0.1) is 17.3 Å². The van der Waals surface area contributed by atoms with E-state index in [0.29, 0.717) is 11.5 Å². The fourth-order valence-corrected chi connectivity index (χ4v) is 3.23. The van der Waals surface area contributed by atoms with Crippen LogP contribution in [0, 0.1) is 17.7 Å². The summed E-state index contributed by atoms with van der Waals surface area (Å²) in [5.74, 6) is -0.992. The number of anilines is 1. The zero-order valence-electron chi connectivity index (χ0n) is 15.2. The van der Waals surface area contributed by atoms with E-state index in [9.17, 15) is 14.0 Å². The topological polar surface area (TPSA) is 55.4 Å². The van der Waals surface area contributed by atoms with Crippen LogP contribution in [-0.4, -0.2) is 23.7 Å². The van der Waals surface area contributed by atoms with Crippen LogP contribution in [0.25, 0.3) is 0 Å². The van der Waals surface area contributed by atoms with Crippen LogP contribution >= 0.6 is 23.4 Å². The van der Waals surface area contributed by atoms with Gasteiger partial charge in [-0.3, -0.25) is 9.59 Å². The van der Waals surface area contributed by atoms with Crippen LogP contribution in [0.4, 0.5) is 10.1 Å². The third-order valence-electron chi connectivity index (χ3n) is 3.27. The van der Waals surface area contributed by atoms with Gasteiger partial charge in [-0.15, -0.1) is 11.8 Å². The predicted molar refractivity (Wildman–Crippen MR) is 101 cm³/mol. The number of thioether (sulfide) groups is 1. The average molecular weight is 390 g/mol. The second-order valence-electron chi connectivity index (χ2n) is 6.47. The zero-order valence-corrected chi connectivity index (χ0v) is 16.8. The molecule has 0 aliphatic rings. The number of carbonyl (C=O) groups is 2. The maximum atomic E-state index is 14.0. The van der Waals surface area contributed by atoms with Crippen LogP contribution in [-0.2, 0) is 14.3 Å². The van der Waals surface area contributed by atoms with Gasteiger partial charge in [-0.2, -0.15) is 0 Å². The second kappa shape index (κ2) is 10.0. The Kier molecular flexibility index (Phi) is 8.73. The van der Waals surface area contributed by atoms with Gasteiger partial charge in [-0.25, -0.2) is 4.39 Å². The Morgan fingerprint density at radius 1 is 1.28 bits per heavy atom. The van der Waals surface area contributed by atoms with Crippen molar-refractivity contribution in [2.75, 3.05) is 11.9 Å². The molecule has 7 heteroatoms. The predicted octanol–water partition coefficient (Wildman–Crippen LogP) is 5.14. The van der Waals surface area contributed by atoms with E-state index in [1.807, 2.05) is 27.7 Å². The van der Waals surface area contributed by atoms with Gasteiger partial charge >= 0.3 is 5.97 Å². The molecule has 0 radical (unpaired) electrons. The van der Waals surface area contributed by atoms with Gasteiger partial charge in [0.15, 0.2) is 0 Å². The fourth-order valence-electron chi connectivity index (χ4n) is 1.88. The van der Waals surface area contributed by atoms with E-state index in [2.05, 4.69) is 5.32 Å². The molecule has 1 unspecified atom stereocenters.